The highest BCUT2D eigenvalue weighted by molar-refractivity contribution is 5.76. The van der Waals surface area contributed by atoms with Crippen molar-refractivity contribution in [3.05, 3.63) is 24.0 Å². The predicted octanol–water partition coefficient (Wildman–Crippen LogP) is 1.16. The molecule has 2 aliphatic rings. The zero-order valence-electron chi connectivity index (χ0n) is 15.4. The van der Waals surface area contributed by atoms with Gasteiger partial charge in [-0.25, -0.2) is 4.79 Å². The third-order valence-corrected chi connectivity index (χ3v) is 5.35. The average molecular weight is 361 g/mol. The molecule has 1 aromatic heterocycles. The normalized spacial score (nSPS) is 22.7. The fourth-order valence-corrected chi connectivity index (χ4v) is 3.72. The summed E-state index contributed by atoms with van der Waals surface area (Å²) in [6.45, 7) is 4.04. The molecule has 8 heteroatoms. The topological polar surface area (TPSA) is 90.7 Å². The van der Waals surface area contributed by atoms with Gasteiger partial charge in [-0.1, -0.05) is 13.0 Å². The molecule has 0 radical (unpaired) electrons. The highest BCUT2D eigenvalue weighted by atomic mass is 16.4. The number of likely N-dealkylation sites (N-methyl/N-ethyl adjacent to an activating group) is 1. The van der Waals surface area contributed by atoms with Gasteiger partial charge in [0.05, 0.1) is 12.2 Å². The Morgan fingerprint density at radius 1 is 1.42 bits per heavy atom. The van der Waals surface area contributed by atoms with Crippen LogP contribution in [-0.2, 0) is 11.8 Å². The maximum absolute atomic E-state index is 12.4. The van der Waals surface area contributed by atoms with E-state index in [1.54, 1.807) is 6.20 Å². The number of carboxylic acid groups (broad SMARTS) is 1. The van der Waals surface area contributed by atoms with Gasteiger partial charge < -0.3 is 15.3 Å². The molecule has 0 atom stereocenters. The molecule has 1 aromatic rings. The Balaban J connectivity index is 1.45. The second-order valence-corrected chi connectivity index (χ2v) is 6.99. The summed E-state index contributed by atoms with van der Waals surface area (Å²) < 4.78 is 1.85. The van der Waals surface area contributed by atoms with Crippen LogP contribution in [0.2, 0.25) is 0 Å². The molecule has 0 aromatic carbocycles. The number of carbonyl (C=O) groups is 2. The van der Waals surface area contributed by atoms with Crippen molar-refractivity contribution < 1.29 is 14.7 Å². The van der Waals surface area contributed by atoms with E-state index in [-0.39, 0.29) is 24.7 Å². The fraction of sp³-hybridized carbons (Fsp3) is 0.611. The Morgan fingerprint density at radius 2 is 2.19 bits per heavy atom. The number of aryl methyl sites for hydroxylation is 1. The van der Waals surface area contributed by atoms with Crippen molar-refractivity contribution in [2.24, 2.45) is 7.05 Å². The molecular weight excluding hydrogens is 334 g/mol. The first-order valence-electron chi connectivity index (χ1n) is 9.16. The lowest BCUT2D eigenvalue weighted by molar-refractivity contribution is -0.139. The number of nitrogens with one attached hydrogen (secondary N) is 1. The molecule has 142 valence electrons. The van der Waals surface area contributed by atoms with Gasteiger partial charge in [0, 0.05) is 38.4 Å². The maximum atomic E-state index is 12.4. The Morgan fingerprint density at radius 3 is 2.73 bits per heavy atom. The second-order valence-electron chi connectivity index (χ2n) is 6.99. The SMILES string of the molecule is CCN(CC(=O)O)C1CC(NC(=O)N2CC=C(c3ccnn3C)CC2)C1. The van der Waals surface area contributed by atoms with Crippen LogP contribution < -0.4 is 5.32 Å². The number of urea groups is 1. The predicted molar refractivity (Wildman–Crippen MR) is 97.6 cm³/mol. The van der Waals surface area contributed by atoms with E-state index in [9.17, 15) is 9.59 Å². The number of nitrogens with zero attached hydrogens (tertiary/aromatic N) is 4. The first kappa shape index (κ1) is 18.4. The van der Waals surface area contributed by atoms with Crippen molar-refractivity contribution in [3.63, 3.8) is 0 Å². The molecule has 1 aliphatic heterocycles. The Hall–Kier alpha value is -2.35. The lowest BCUT2D eigenvalue weighted by atomic mass is 9.85. The molecule has 0 spiro atoms. The minimum absolute atomic E-state index is 0.0324. The van der Waals surface area contributed by atoms with Crippen molar-refractivity contribution in [2.75, 3.05) is 26.2 Å². The third kappa shape index (κ3) is 4.07. The summed E-state index contributed by atoms with van der Waals surface area (Å²) in [5.41, 5.74) is 2.33. The number of carbonyl (C=O) groups excluding carboxylic acids is 1. The molecule has 26 heavy (non-hydrogen) atoms. The Kier molecular flexibility index (Phi) is 5.61. The largest absolute Gasteiger partial charge is 0.480 e. The molecule has 1 saturated carbocycles. The van der Waals surface area contributed by atoms with Gasteiger partial charge in [-0.15, -0.1) is 0 Å². The Labute approximate surface area is 153 Å². The van der Waals surface area contributed by atoms with Crippen molar-refractivity contribution in [3.8, 4) is 0 Å². The zero-order chi connectivity index (χ0) is 18.7. The lowest BCUT2D eigenvalue weighted by Gasteiger charge is -2.43. The number of hydrogen-bond donors (Lipinski definition) is 2. The first-order chi connectivity index (χ1) is 12.5. The van der Waals surface area contributed by atoms with E-state index in [2.05, 4.69) is 16.5 Å². The molecule has 3 rings (SSSR count). The van der Waals surface area contributed by atoms with Gasteiger partial charge in [-0.05, 0) is 37.4 Å². The molecule has 1 fully saturated rings. The molecule has 2 heterocycles. The van der Waals surface area contributed by atoms with Crippen LogP contribution in [0.3, 0.4) is 0 Å². The maximum Gasteiger partial charge on any atom is 0.317 e. The van der Waals surface area contributed by atoms with Crippen LogP contribution in [0.25, 0.3) is 5.57 Å². The molecule has 8 nitrogen and oxygen atoms in total. The summed E-state index contributed by atoms with van der Waals surface area (Å²) >= 11 is 0. The van der Waals surface area contributed by atoms with Crippen LogP contribution in [0.4, 0.5) is 4.79 Å². The van der Waals surface area contributed by atoms with Crippen LogP contribution in [0.5, 0.6) is 0 Å². The van der Waals surface area contributed by atoms with Gasteiger partial charge >= 0.3 is 12.0 Å². The number of aromatic nitrogens is 2. The van der Waals surface area contributed by atoms with Crippen molar-refractivity contribution in [1.82, 2.24) is 24.9 Å². The molecule has 0 bridgehead atoms. The van der Waals surface area contributed by atoms with E-state index in [1.807, 2.05) is 34.5 Å². The molecule has 2 amide bonds. The van der Waals surface area contributed by atoms with E-state index >= 15 is 0 Å². The molecule has 0 unspecified atom stereocenters. The Bertz CT molecular complexity index is 693. The van der Waals surface area contributed by atoms with Crippen molar-refractivity contribution >= 4 is 17.6 Å². The third-order valence-electron chi connectivity index (χ3n) is 5.35. The minimum Gasteiger partial charge on any atom is -0.480 e. The molecular formula is C18H27N5O3. The van der Waals surface area contributed by atoms with Crippen LogP contribution in [0, 0.1) is 0 Å². The van der Waals surface area contributed by atoms with Gasteiger partial charge in [0.2, 0.25) is 0 Å². The quantitative estimate of drug-likeness (QED) is 0.793. The lowest BCUT2D eigenvalue weighted by Crippen LogP contribution is -2.57. The van der Waals surface area contributed by atoms with Crippen molar-refractivity contribution in [1.29, 1.82) is 0 Å². The first-order valence-corrected chi connectivity index (χ1v) is 9.16. The molecule has 2 N–H and O–H groups in total. The highest BCUT2D eigenvalue weighted by Gasteiger charge is 2.35. The van der Waals surface area contributed by atoms with Crippen LogP contribution in [0.1, 0.15) is 31.9 Å². The number of hydrogen-bond acceptors (Lipinski definition) is 4. The van der Waals surface area contributed by atoms with Crippen LogP contribution in [-0.4, -0.2) is 74.9 Å². The van der Waals surface area contributed by atoms with Crippen LogP contribution in [0.15, 0.2) is 18.3 Å². The molecule has 0 saturated heterocycles. The summed E-state index contributed by atoms with van der Waals surface area (Å²) in [7, 11) is 1.92. The second kappa shape index (κ2) is 7.90. The summed E-state index contributed by atoms with van der Waals surface area (Å²) in [6.07, 6.45) is 6.33. The summed E-state index contributed by atoms with van der Waals surface area (Å²) in [5.74, 6) is -0.802. The van der Waals surface area contributed by atoms with Crippen molar-refractivity contribution in [2.45, 2.75) is 38.3 Å². The van der Waals surface area contributed by atoms with Gasteiger partial charge in [-0.2, -0.15) is 5.10 Å². The monoisotopic (exact) mass is 361 g/mol. The number of aliphatic carboxylic acids is 1. The van der Waals surface area contributed by atoms with E-state index in [0.29, 0.717) is 19.6 Å². The average Bonchev–Trinajstić information content (AvgIpc) is 3.01. The summed E-state index contributed by atoms with van der Waals surface area (Å²) in [5, 5.41) is 16.2. The van der Waals surface area contributed by atoms with Gasteiger partial charge in [0.1, 0.15) is 0 Å². The standard InChI is InChI=1S/C18H27N5O3/c1-3-22(12-17(24)25)15-10-14(11-15)20-18(26)23-8-5-13(6-9-23)16-4-7-19-21(16)2/h4-5,7,14-15H,3,6,8-12H2,1-2H3,(H,20,26)(H,24,25). The summed E-state index contributed by atoms with van der Waals surface area (Å²) in [4.78, 5) is 27.1. The van der Waals surface area contributed by atoms with Crippen LogP contribution >= 0.6 is 0 Å². The zero-order valence-corrected chi connectivity index (χ0v) is 15.4. The number of rotatable bonds is 6. The van der Waals surface area contributed by atoms with E-state index < -0.39 is 5.97 Å². The fourth-order valence-electron chi connectivity index (χ4n) is 3.72. The van der Waals surface area contributed by atoms with E-state index in [1.165, 1.54) is 5.57 Å². The van der Waals surface area contributed by atoms with E-state index in [4.69, 9.17) is 5.11 Å². The minimum atomic E-state index is -0.802. The smallest absolute Gasteiger partial charge is 0.317 e. The summed E-state index contributed by atoms with van der Waals surface area (Å²) in [6, 6.07) is 2.35. The van der Waals surface area contributed by atoms with Gasteiger partial charge in [0.15, 0.2) is 0 Å². The molecule has 1 aliphatic carbocycles. The highest BCUT2D eigenvalue weighted by Crippen LogP contribution is 2.26. The number of amides is 2. The van der Waals surface area contributed by atoms with Gasteiger partial charge in [0.25, 0.3) is 0 Å². The van der Waals surface area contributed by atoms with Gasteiger partial charge in [-0.3, -0.25) is 14.4 Å². The van der Waals surface area contributed by atoms with E-state index in [0.717, 1.165) is 25.0 Å². The number of carboxylic acids is 1.